The third-order valence-corrected chi connectivity index (χ3v) is 4.14. The van der Waals surface area contributed by atoms with E-state index in [1.54, 1.807) is 0 Å². The van der Waals surface area contributed by atoms with Gasteiger partial charge in [-0.05, 0) is 0 Å². The lowest BCUT2D eigenvalue weighted by molar-refractivity contribution is -0.447. The van der Waals surface area contributed by atoms with Crippen molar-refractivity contribution >= 4 is 6.16 Å². The van der Waals surface area contributed by atoms with Crippen molar-refractivity contribution in [2.45, 2.75) is 66.2 Å². The smallest absolute Gasteiger partial charge is 0.428 e. The number of halogens is 22. The van der Waals surface area contributed by atoms with Gasteiger partial charge in [0, 0.05) is 0 Å². The number of ether oxygens (including phenoxy) is 2. The van der Waals surface area contributed by atoms with Crippen molar-refractivity contribution in [3.63, 3.8) is 0 Å². The van der Waals surface area contributed by atoms with E-state index >= 15 is 0 Å². The standard InChI is InChI=1S/C14H6F22O3/c15-3(9(24,25)26)6(18,19)1-38-5(37)39-2-7(20,21)10(27,28)12(31,32)14(35,36)13(33,34)11(29,30)8(22,23)4(16)17/h3-4H,1-2H2/t3-/m0/s1. The van der Waals surface area contributed by atoms with Gasteiger partial charge < -0.3 is 9.47 Å². The van der Waals surface area contributed by atoms with Gasteiger partial charge in [0.2, 0.25) is 0 Å². The molecule has 0 amide bonds. The second kappa shape index (κ2) is 10.3. The van der Waals surface area contributed by atoms with Gasteiger partial charge in [-0.1, -0.05) is 0 Å². The molecule has 0 aromatic heterocycles. The van der Waals surface area contributed by atoms with Gasteiger partial charge in [-0.3, -0.25) is 0 Å². The van der Waals surface area contributed by atoms with E-state index in [9.17, 15) is 101 Å². The first-order valence-electron chi connectivity index (χ1n) is 8.51. The van der Waals surface area contributed by atoms with Gasteiger partial charge >= 0.3 is 66.1 Å². The minimum absolute atomic E-state index is 2.74. The molecule has 0 saturated heterocycles. The lowest BCUT2D eigenvalue weighted by Crippen LogP contribution is -2.74. The number of hydrogen-bond acceptors (Lipinski definition) is 3. The van der Waals surface area contributed by atoms with Crippen LogP contribution in [-0.4, -0.2) is 85.5 Å². The summed E-state index contributed by atoms with van der Waals surface area (Å²) in [6.07, 6.45) is -20.8. The van der Waals surface area contributed by atoms with Gasteiger partial charge in [0.25, 0.3) is 6.17 Å². The Morgan fingerprint density at radius 1 is 0.513 bits per heavy atom. The molecule has 0 rings (SSSR count). The van der Waals surface area contributed by atoms with E-state index in [0.29, 0.717) is 0 Å². The van der Waals surface area contributed by atoms with Crippen LogP contribution in [0, 0.1) is 0 Å². The Hall–Kier alpha value is -2.27. The number of carbonyl (C=O) groups is 1. The van der Waals surface area contributed by atoms with Crippen LogP contribution in [0.1, 0.15) is 0 Å². The second-order valence-corrected chi connectivity index (χ2v) is 6.99. The molecule has 0 aromatic carbocycles. The van der Waals surface area contributed by atoms with Crippen LogP contribution in [0.2, 0.25) is 0 Å². The van der Waals surface area contributed by atoms with Crippen LogP contribution < -0.4 is 0 Å². The molecule has 0 heterocycles. The van der Waals surface area contributed by atoms with Crippen molar-refractivity contribution in [1.29, 1.82) is 0 Å². The van der Waals surface area contributed by atoms with E-state index in [2.05, 4.69) is 9.47 Å². The monoisotopic (exact) mass is 640 g/mol. The third kappa shape index (κ3) is 6.09. The summed E-state index contributed by atoms with van der Waals surface area (Å²) in [6.45, 7) is -6.94. The highest BCUT2D eigenvalue weighted by Gasteiger charge is 2.93. The van der Waals surface area contributed by atoms with Crippen molar-refractivity contribution in [1.82, 2.24) is 0 Å². The fraction of sp³-hybridized carbons (Fsp3) is 0.929. The Labute approximate surface area is 198 Å². The molecule has 0 saturated carbocycles. The third-order valence-electron chi connectivity index (χ3n) is 4.14. The Morgan fingerprint density at radius 3 is 1.21 bits per heavy atom. The summed E-state index contributed by atoms with van der Waals surface area (Å²) < 4.78 is 289. The van der Waals surface area contributed by atoms with Crippen LogP contribution in [0.15, 0.2) is 0 Å². The Balaban J connectivity index is 6.00. The van der Waals surface area contributed by atoms with E-state index in [0.717, 1.165) is 0 Å². The minimum atomic E-state index is -8.76. The lowest BCUT2D eigenvalue weighted by atomic mass is 9.89. The summed E-state index contributed by atoms with van der Waals surface area (Å²) >= 11 is 0. The average molecular weight is 640 g/mol. The number of alkyl halides is 22. The van der Waals surface area contributed by atoms with Gasteiger partial charge in [0.15, 0.2) is 13.2 Å². The zero-order valence-corrected chi connectivity index (χ0v) is 17.1. The van der Waals surface area contributed by atoms with Crippen molar-refractivity contribution in [2.75, 3.05) is 13.2 Å². The molecule has 0 fully saturated rings. The van der Waals surface area contributed by atoms with Crippen LogP contribution in [0.5, 0.6) is 0 Å². The normalized spacial score (nSPS) is 16.4. The summed E-state index contributed by atoms with van der Waals surface area (Å²) in [7, 11) is 0. The molecule has 3 nitrogen and oxygen atoms in total. The van der Waals surface area contributed by atoms with E-state index in [1.165, 1.54) is 0 Å². The van der Waals surface area contributed by atoms with E-state index in [4.69, 9.17) is 0 Å². The van der Waals surface area contributed by atoms with Gasteiger partial charge in [0.1, 0.15) is 0 Å². The first-order chi connectivity index (χ1) is 16.7. The van der Waals surface area contributed by atoms with Gasteiger partial charge in [-0.2, -0.15) is 83.4 Å². The lowest BCUT2D eigenvalue weighted by Gasteiger charge is -2.42. The van der Waals surface area contributed by atoms with Crippen molar-refractivity contribution in [3.05, 3.63) is 0 Å². The van der Waals surface area contributed by atoms with Crippen LogP contribution in [0.25, 0.3) is 0 Å². The molecule has 0 bridgehead atoms. The highest BCUT2D eigenvalue weighted by atomic mass is 19.4. The molecule has 1 atom stereocenters. The predicted octanol–water partition coefficient (Wildman–Crippen LogP) is 7.39. The fourth-order valence-electron chi connectivity index (χ4n) is 1.92. The van der Waals surface area contributed by atoms with E-state index in [-0.39, 0.29) is 0 Å². The fourth-order valence-corrected chi connectivity index (χ4v) is 1.92. The molecular weight excluding hydrogens is 634 g/mol. The van der Waals surface area contributed by atoms with Gasteiger partial charge in [-0.15, -0.1) is 0 Å². The zero-order valence-electron chi connectivity index (χ0n) is 17.1. The first-order valence-corrected chi connectivity index (χ1v) is 8.51. The summed E-state index contributed by atoms with van der Waals surface area (Å²) in [5, 5.41) is 0. The van der Waals surface area contributed by atoms with Crippen molar-refractivity contribution < 1.29 is 111 Å². The molecule has 0 aliphatic rings. The maximum absolute atomic E-state index is 13.5. The SMILES string of the molecule is O=C(OCC(F)(F)[C@H](F)C(F)(F)F)OCC(F)(F)C(F)(F)C(F)(F)C(F)(F)C(F)(F)C(F)(F)C(F)(F)C(F)F. The second-order valence-electron chi connectivity index (χ2n) is 6.99. The van der Waals surface area contributed by atoms with Crippen LogP contribution in [0.4, 0.5) is 101 Å². The number of hydrogen-bond donors (Lipinski definition) is 0. The van der Waals surface area contributed by atoms with Crippen molar-refractivity contribution in [3.8, 4) is 0 Å². The molecule has 25 heteroatoms. The summed E-state index contributed by atoms with van der Waals surface area (Å²) in [4.78, 5) is 10.8. The molecular formula is C14H6F22O3. The highest BCUT2D eigenvalue weighted by molar-refractivity contribution is 5.60. The molecule has 0 aliphatic heterocycles. The largest absolute Gasteiger partial charge is 0.508 e. The van der Waals surface area contributed by atoms with Crippen LogP contribution in [-0.2, 0) is 9.47 Å². The average Bonchev–Trinajstić information content (AvgIpc) is 2.74. The van der Waals surface area contributed by atoms with Gasteiger partial charge in [-0.25, -0.2) is 18.0 Å². The molecule has 0 aliphatic carbocycles. The first kappa shape index (κ1) is 36.7. The molecule has 0 spiro atoms. The maximum Gasteiger partial charge on any atom is 0.508 e. The van der Waals surface area contributed by atoms with E-state index < -0.39 is 85.5 Å². The topological polar surface area (TPSA) is 35.5 Å². The Bertz CT molecular complexity index is 861. The summed E-state index contributed by atoms with van der Waals surface area (Å²) in [5.41, 5.74) is 0. The molecule has 234 valence electrons. The predicted molar refractivity (Wildman–Crippen MR) is 73.8 cm³/mol. The number of carbonyl (C=O) groups excluding carboxylic acids is 1. The minimum Gasteiger partial charge on any atom is -0.428 e. The number of rotatable bonds is 12. The van der Waals surface area contributed by atoms with Gasteiger partial charge in [0.05, 0.1) is 0 Å². The zero-order chi connectivity index (χ0) is 32.1. The highest BCUT2D eigenvalue weighted by Crippen LogP contribution is 2.62. The van der Waals surface area contributed by atoms with Crippen molar-refractivity contribution in [2.24, 2.45) is 0 Å². The molecule has 0 unspecified atom stereocenters. The summed E-state index contributed by atoms with van der Waals surface area (Å²) in [6, 6.07) is 0. The molecule has 0 N–H and O–H groups in total. The molecule has 39 heavy (non-hydrogen) atoms. The van der Waals surface area contributed by atoms with Crippen LogP contribution >= 0.6 is 0 Å². The van der Waals surface area contributed by atoms with Crippen LogP contribution in [0.3, 0.4) is 0 Å². The van der Waals surface area contributed by atoms with E-state index in [1.807, 2.05) is 0 Å². The maximum atomic E-state index is 13.5. The molecule has 0 aromatic rings. The Kier molecular flexibility index (Phi) is 9.69. The Morgan fingerprint density at radius 2 is 0.846 bits per heavy atom. The quantitative estimate of drug-likeness (QED) is 0.165. The molecule has 0 radical (unpaired) electrons. The summed E-state index contributed by atoms with van der Waals surface area (Å²) in [5.74, 6) is -63.2.